The Morgan fingerprint density at radius 2 is 2.21 bits per heavy atom. The Morgan fingerprint density at radius 3 is 3.00 bits per heavy atom. The number of aromatic nitrogens is 2. The van der Waals surface area contributed by atoms with Crippen molar-refractivity contribution in [1.29, 1.82) is 0 Å². The Hall–Kier alpha value is -1.64. The molecule has 0 radical (unpaired) electrons. The Bertz CT molecular complexity index is 439. The average Bonchev–Trinajstić information content (AvgIpc) is 2.27. The molecule has 0 saturated heterocycles. The van der Waals surface area contributed by atoms with Crippen LogP contribution in [0.5, 0.6) is 0 Å². The number of anilines is 1. The molecule has 0 N–H and O–H groups in total. The molecule has 1 aromatic heterocycles. The zero-order valence-corrected chi connectivity index (χ0v) is 8.44. The first-order valence-electron chi connectivity index (χ1n) is 4.72. The van der Waals surface area contributed by atoms with Gasteiger partial charge < -0.3 is 4.90 Å². The van der Waals surface area contributed by atoms with Crippen LogP contribution in [-0.4, -0.2) is 23.6 Å². The standard InChI is InChI=1S/C11H13N3/c1-3-14(2)10-4-5-11-9(6-10)7-12-8-13-11/h4-8H,3H2,1-2H3. The molecule has 1 aromatic carbocycles. The van der Waals surface area contributed by atoms with E-state index in [1.54, 1.807) is 6.33 Å². The summed E-state index contributed by atoms with van der Waals surface area (Å²) in [5.41, 5.74) is 2.20. The molecule has 2 aromatic rings. The zero-order valence-electron chi connectivity index (χ0n) is 8.44. The van der Waals surface area contributed by atoms with Crippen LogP contribution in [0.25, 0.3) is 10.9 Å². The summed E-state index contributed by atoms with van der Waals surface area (Å²) in [6.07, 6.45) is 3.42. The van der Waals surface area contributed by atoms with Crippen LogP contribution >= 0.6 is 0 Å². The highest BCUT2D eigenvalue weighted by atomic mass is 15.1. The number of fused-ring (bicyclic) bond motifs is 1. The van der Waals surface area contributed by atoms with Crippen molar-refractivity contribution in [2.75, 3.05) is 18.5 Å². The van der Waals surface area contributed by atoms with E-state index < -0.39 is 0 Å². The first kappa shape index (κ1) is 8.94. The lowest BCUT2D eigenvalue weighted by Crippen LogP contribution is -2.15. The van der Waals surface area contributed by atoms with E-state index in [4.69, 9.17) is 0 Å². The highest BCUT2D eigenvalue weighted by molar-refractivity contribution is 5.81. The summed E-state index contributed by atoms with van der Waals surface area (Å²) in [5, 5.41) is 1.09. The molecular weight excluding hydrogens is 174 g/mol. The average molecular weight is 187 g/mol. The fourth-order valence-electron chi connectivity index (χ4n) is 1.39. The molecular formula is C11H13N3. The van der Waals surface area contributed by atoms with E-state index in [0.29, 0.717) is 0 Å². The summed E-state index contributed by atoms with van der Waals surface area (Å²) in [5.74, 6) is 0. The van der Waals surface area contributed by atoms with Crippen LogP contribution in [0.2, 0.25) is 0 Å². The fraction of sp³-hybridized carbons (Fsp3) is 0.273. The van der Waals surface area contributed by atoms with E-state index in [1.165, 1.54) is 5.69 Å². The molecule has 0 amide bonds. The molecule has 0 aliphatic rings. The van der Waals surface area contributed by atoms with Crippen LogP contribution in [-0.2, 0) is 0 Å². The molecule has 1 heterocycles. The minimum absolute atomic E-state index is 0.994. The molecule has 3 heteroatoms. The quantitative estimate of drug-likeness (QED) is 0.720. The number of hydrogen-bond donors (Lipinski definition) is 0. The molecule has 0 saturated carbocycles. The molecule has 72 valence electrons. The maximum atomic E-state index is 4.18. The maximum Gasteiger partial charge on any atom is 0.116 e. The van der Waals surface area contributed by atoms with Crippen molar-refractivity contribution in [3.8, 4) is 0 Å². The largest absolute Gasteiger partial charge is 0.375 e. The van der Waals surface area contributed by atoms with Gasteiger partial charge in [-0.3, -0.25) is 0 Å². The highest BCUT2D eigenvalue weighted by Gasteiger charge is 1.99. The maximum absolute atomic E-state index is 4.18. The molecule has 14 heavy (non-hydrogen) atoms. The number of benzene rings is 1. The normalized spacial score (nSPS) is 10.4. The molecule has 0 fully saturated rings. The van der Waals surface area contributed by atoms with Crippen molar-refractivity contribution in [3.63, 3.8) is 0 Å². The van der Waals surface area contributed by atoms with Gasteiger partial charge in [0.1, 0.15) is 6.33 Å². The SMILES string of the molecule is CCN(C)c1ccc2ncncc2c1. The van der Waals surface area contributed by atoms with Crippen LogP contribution < -0.4 is 4.90 Å². The number of rotatable bonds is 2. The van der Waals surface area contributed by atoms with E-state index in [1.807, 2.05) is 12.3 Å². The van der Waals surface area contributed by atoms with Crippen LogP contribution in [0.3, 0.4) is 0 Å². The zero-order chi connectivity index (χ0) is 9.97. The van der Waals surface area contributed by atoms with Crippen LogP contribution in [0.1, 0.15) is 6.92 Å². The predicted molar refractivity (Wildman–Crippen MR) is 58.5 cm³/mol. The lowest BCUT2D eigenvalue weighted by molar-refractivity contribution is 0.969. The van der Waals surface area contributed by atoms with Crippen molar-refractivity contribution >= 4 is 16.6 Å². The number of nitrogens with zero attached hydrogens (tertiary/aromatic N) is 3. The third kappa shape index (κ3) is 1.53. The van der Waals surface area contributed by atoms with Crippen molar-refractivity contribution in [2.24, 2.45) is 0 Å². The van der Waals surface area contributed by atoms with Gasteiger partial charge in [0, 0.05) is 30.9 Å². The predicted octanol–water partition coefficient (Wildman–Crippen LogP) is 2.09. The van der Waals surface area contributed by atoms with Crippen molar-refractivity contribution in [2.45, 2.75) is 6.92 Å². The molecule has 0 bridgehead atoms. The second-order valence-electron chi connectivity index (χ2n) is 3.28. The van der Waals surface area contributed by atoms with Crippen molar-refractivity contribution in [1.82, 2.24) is 9.97 Å². The van der Waals surface area contributed by atoms with Gasteiger partial charge in [0.25, 0.3) is 0 Å². The first-order chi connectivity index (χ1) is 6.81. The van der Waals surface area contributed by atoms with Gasteiger partial charge in [0.2, 0.25) is 0 Å². The second kappa shape index (κ2) is 3.62. The summed E-state index contributed by atoms with van der Waals surface area (Å²) in [4.78, 5) is 10.4. The fourth-order valence-corrected chi connectivity index (χ4v) is 1.39. The highest BCUT2D eigenvalue weighted by Crippen LogP contribution is 2.18. The third-order valence-corrected chi connectivity index (χ3v) is 2.40. The van der Waals surface area contributed by atoms with Gasteiger partial charge in [-0.15, -0.1) is 0 Å². The minimum atomic E-state index is 0.994. The van der Waals surface area contributed by atoms with Crippen LogP contribution in [0.4, 0.5) is 5.69 Å². The van der Waals surface area contributed by atoms with Gasteiger partial charge in [-0.25, -0.2) is 9.97 Å². The van der Waals surface area contributed by atoms with Gasteiger partial charge in [0.15, 0.2) is 0 Å². The number of hydrogen-bond acceptors (Lipinski definition) is 3. The Kier molecular flexibility index (Phi) is 2.31. The van der Waals surface area contributed by atoms with Gasteiger partial charge >= 0.3 is 0 Å². The van der Waals surface area contributed by atoms with Gasteiger partial charge in [0.05, 0.1) is 5.52 Å². The third-order valence-electron chi connectivity index (χ3n) is 2.40. The van der Waals surface area contributed by atoms with E-state index in [9.17, 15) is 0 Å². The van der Waals surface area contributed by atoms with Gasteiger partial charge in [-0.2, -0.15) is 0 Å². The Balaban J connectivity index is 2.51. The summed E-state index contributed by atoms with van der Waals surface area (Å²) in [6.45, 7) is 3.13. The second-order valence-corrected chi connectivity index (χ2v) is 3.28. The first-order valence-corrected chi connectivity index (χ1v) is 4.72. The van der Waals surface area contributed by atoms with E-state index in [-0.39, 0.29) is 0 Å². The minimum Gasteiger partial charge on any atom is -0.375 e. The summed E-state index contributed by atoms with van der Waals surface area (Å²) in [7, 11) is 2.07. The smallest absolute Gasteiger partial charge is 0.116 e. The summed E-state index contributed by atoms with van der Waals surface area (Å²) in [6, 6.07) is 6.22. The van der Waals surface area contributed by atoms with Crippen LogP contribution in [0.15, 0.2) is 30.7 Å². The summed E-state index contributed by atoms with van der Waals surface area (Å²) >= 11 is 0. The van der Waals surface area contributed by atoms with Crippen molar-refractivity contribution in [3.05, 3.63) is 30.7 Å². The monoisotopic (exact) mass is 187 g/mol. The molecule has 0 aliphatic carbocycles. The van der Waals surface area contributed by atoms with E-state index in [2.05, 4.69) is 41.0 Å². The molecule has 0 spiro atoms. The van der Waals surface area contributed by atoms with Gasteiger partial charge in [-0.1, -0.05) is 0 Å². The van der Waals surface area contributed by atoms with E-state index >= 15 is 0 Å². The Labute approximate surface area is 83.4 Å². The molecule has 0 unspecified atom stereocenters. The molecule has 0 atom stereocenters. The van der Waals surface area contributed by atoms with Gasteiger partial charge in [-0.05, 0) is 25.1 Å². The lowest BCUT2D eigenvalue weighted by Gasteiger charge is -2.16. The molecule has 0 aliphatic heterocycles. The van der Waals surface area contributed by atoms with Crippen LogP contribution in [0, 0.1) is 0 Å². The lowest BCUT2D eigenvalue weighted by atomic mass is 10.2. The van der Waals surface area contributed by atoms with Crippen molar-refractivity contribution < 1.29 is 0 Å². The topological polar surface area (TPSA) is 29.0 Å². The molecule has 2 rings (SSSR count). The summed E-state index contributed by atoms with van der Waals surface area (Å²) < 4.78 is 0. The molecule has 3 nitrogen and oxygen atoms in total. The Morgan fingerprint density at radius 1 is 1.36 bits per heavy atom. The van der Waals surface area contributed by atoms with E-state index in [0.717, 1.165) is 17.4 Å².